The monoisotopic (exact) mass is 169 g/mol. The van der Waals surface area contributed by atoms with Gasteiger partial charge in [-0.3, -0.25) is 0 Å². The first-order valence-corrected chi connectivity index (χ1v) is 6.24. The van der Waals surface area contributed by atoms with Gasteiger partial charge in [-0.2, -0.15) is 0 Å². The quantitative estimate of drug-likeness (QED) is 0.469. The van der Waals surface area contributed by atoms with E-state index in [-0.39, 0.29) is 0 Å². The highest BCUT2D eigenvalue weighted by Crippen LogP contribution is 2.33. The molecular weight excluding hydrogens is 158 g/mol. The second-order valence-electron chi connectivity index (χ2n) is 1.25. The molecule has 0 N–H and O–H groups in total. The van der Waals surface area contributed by atoms with Crippen LogP contribution in [-0.2, 0) is 0 Å². The second kappa shape index (κ2) is 6.13. The van der Waals surface area contributed by atoms with Crippen LogP contribution in [0.4, 0.5) is 0 Å². The molecular formula is C4H11NS3. The highest BCUT2D eigenvalue weighted by Gasteiger charge is 1.91. The van der Waals surface area contributed by atoms with Gasteiger partial charge in [0.2, 0.25) is 0 Å². The van der Waals surface area contributed by atoms with Crippen LogP contribution in [0.25, 0.3) is 0 Å². The first-order chi connectivity index (χ1) is 3.81. The normalized spacial score (nSPS) is 10.5. The molecule has 0 aromatic carbocycles. The van der Waals surface area contributed by atoms with Crippen molar-refractivity contribution in [3.05, 3.63) is 0 Å². The molecule has 0 atom stereocenters. The molecule has 0 aromatic heterocycles. The van der Waals surface area contributed by atoms with Gasteiger partial charge in [-0.25, -0.2) is 4.31 Å². The molecule has 0 heterocycles. The van der Waals surface area contributed by atoms with Gasteiger partial charge in [0, 0.05) is 17.5 Å². The van der Waals surface area contributed by atoms with Crippen LogP contribution in [0.3, 0.4) is 0 Å². The number of nitrogens with zero attached hydrogens (tertiary/aromatic N) is 1. The van der Waals surface area contributed by atoms with Gasteiger partial charge >= 0.3 is 0 Å². The van der Waals surface area contributed by atoms with E-state index in [4.69, 9.17) is 0 Å². The second-order valence-corrected chi connectivity index (χ2v) is 5.58. The van der Waals surface area contributed by atoms with Crippen LogP contribution in [0.5, 0.6) is 0 Å². The third-order valence-electron chi connectivity index (χ3n) is 0.671. The fourth-order valence-corrected chi connectivity index (χ4v) is 2.70. The topological polar surface area (TPSA) is 3.24 Å². The molecule has 0 saturated heterocycles. The van der Waals surface area contributed by atoms with Gasteiger partial charge in [0.15, 0.2) is 0 Å². The average Bonchev–Trinajstić information content (AvgIpc) is 1.83. The summed E-state index contributed by atoms with van der Waals surface area (Å²) in [5, 5.41) is 0. The van der Waals surface area contributed by atoms with Crippen LogP contribution in [0.2, 0.25) is 0 Å². The molecule has 50 valence electrons. The fourth-order valence-electron chi connectivity index (χ4n) is 0.135. The lowest BCUT2D eigenvalue weighted by Gasteiger charge is -2.08. The highest BCUT2D eigenvalue weighted by molar-refractivity contribution is 9.08. The summed E-state index contributed by atoms with van der Waals surface area (Å²) < 4.78 is 2.20. The summed E-state index contributed by atoms with van der Waals surface area (Å²) in [6.07, 6.45) is 2.08. The Balaban J connectivity index is 2.86. The van der Waals surface area contributed by atoms with Crippen LogP contribution in [-0.4, -0.2) is 24.2 Å². The zero-order valence-corrected chi connectivity index (χ0v) is 7.83. The van der Waals surface area contributed by atoms with Crippen molar-refractivity contribution in [3.63, 3.8) is 0 Å². The van der Waals surface area contributed by atoms with E-state index in [1.807, 2.05) is 0 Å². The molecule has 0 aromatic rings. The average molecular weight is 169 g/mol. The van der Waals surface area contributed by atoms with Gasteiger partial charge in [-0.05, 0) is 23.1 Å². The summed E-state index contributed by atoms with van der Waals surface area (Å²) in [5.41, 5.74) is 0. The van der Waals surface area contributed by atoms with E-state index in [0.717, 1.165) is 6.54 Å². The smallest absolute Gasteiger partial charge is 0.00659 e. The SMILES string of the molecule is CCN(C)SSSC. The van der Waals surface area contributed by atoms with Gasteiger partial charge in [-0.1, -0.05) is 17.7 Å². The molecule has 4 heteroatoms. The Bertz CT molecular complexity index is 50.5. The minimum atomic E-state index is 1.11. The van der Waals surface area contributed by atoms with Crippen LogP contribution in [0, 0.1) is 0 Å². The van der Waals surface area contributed by atoms with Gasteiger partial charge in [0.05, 0.1) is 0 Å². The van der Waals surface area contributed by atoms with Crippen molar-refractivity contribution in [3.8, 4) is 0 Å². The van der Waals surface area contributed by atoms with E-state index < -0.39 is 0 Å². The van der Waals surface area contributed by atoms with E-state index in [2.05, 4.69) is 24.5 Å². The molecule has 0 amide bonds. The largest absolute Gasteiger partial charge is 0.244 e. The molecule has 0 unspecified atom stereocenters. The molecule has 8 heavy (non-hydrogen) atoms. The summed E-state index contributed by atoms with van der Waals surface area (Å²) in [6, 6.07) is 0. The van der Waals surface area contributed by atoms with E-state index >= 15 is 0 Å². The lowest BCUT2D eigenvalue weighted by atomic mass is 10.8. The molecule has 0 spiro atoms. The van der Waals surface area contributed by atoms with Crippen LogP contribution in [0.15, 0.2) is 0 Å². The van der Waals surface area contributed by atoms with E-state index in [0.29, 0.717) is 0 Å². The maximum atomic E-state index is 2.20. The van der Waals surface area contributed by atoms with E-state index in [9.17, 15) is 0 Å². The number of hydrogen-bond donors (Lipinski definition) is 0. The first-order valence-electron chi connectivity index (χ1n) is 2.39. The maximum Gasteiger partial charge on any atom is 0.00659 e. The van der Waals surface area contributed by atoms with Crippen molar-refractivity contribution in [2.24, 2.45) is 0 Å². The molecule has 0 aliphatic heterocycles. The molecule has 0 saturated carbocycles. The van der Waals surface area contributed by atoms with E-state index in [1.165, 1.54) is 0 Å². The van der Waals surface area contributed by atoms with Crippen LogP contribution >= 0.6 is 31.6 Å². The lowest BCUT2D eigenvalue weighted by Crippen LogP contribution is -2.04. The Morgan fingerprint density at radius 2 is 2.12 bits per heavy atom. The summed E-state index contributed by atoms with van der Waals surface area (Å²) in [7, 11) is 7.46. The van der Waals surface area contributed by atoms with Crippen molar-refractivity contribution in [1.82, 2.24) is 4.31 Å². The summed E-state index contributed by atoms with van der Waals surface area (Å²) >= 11 is 0. The van der Waals surface area contributed by atoms with Gasteiger partial charge < -0.3 is 0 Å². The molecule has 0 bridgehead atoms. The Labute approximate surface area is 62.9 Å². The van der Waals surface area contributed by atoms with Gasteiger partial charge in [0.25, 0.3) is 0 Å². The minimum Gasteiger partial charge on any atom is -0.244 e. The molecule has 0 fully saturated rings. The predicted molar refractivity (Wildman–Crippen MR) is 47.0 cm³/mol. The van der Waals surface area contributed by atoms with Crippen molar-refractivity contribution in [2.45, 2.75) is 6.92 Å². The Morgan fingerprint density at radius 1 is 1.50 bits per heavy atom. The Kier molecular flexibility index (Phi) is 6.91. The molecule has 0 aliphatic rings. The number of rotatable bonds is 4. The van der Waals surface area contributed by atoms with Crippen molar-refractivity contribution in [1.29, 1.82) is 0 Å². The third kappa shape index (κ3) is 5.15. The minimum absolute atomic E-state index is 1.11. The summed E-state index contributed by atoms with van der Waals surface area (Å²) in [5.74, 6) is 0. The molecule has 1 nitrogen and oxygen atoms in total. The predicted octanol–water partition coefficient (Wildman–Crippen LogP) is 2.51. The molecule has 0 rings (SSSR count). The highest BCUT2D eigenvalue weighted by atomic mass is 33.5. The zero-order valence-electron chi connectivity index (χ0n) is 5.38. The zero-order chi connectivity index (χ0) is 6.41. The van der Waals surface area contributed by atoms with E-state index in [1.54, 1.807) is 31.6 Å². The Hall–Kier alpha value is 1.01. The van der Waals surface area contributed by atoms with Gasteiger partial charge in [0.1, 0.15) is 0 Å². The maximum absolute atomic E-state index is 2.20. The van der Waals surface area contributed by atoms with Gasteiger partial charge in [-0.15, -0.1) is 0 Å². The summed E-state index contributed by atoms with van der Waals surface area (Å²) in [4.78, 5) is 0. The van der Waals surface area contributed by atoms with Crippen molar-refractivity contribution in [2.75, 3.05) is 19.8 Å². The Morgan fingerprint density at radius 3 is 2.50 bits per heavy atom. The number of hydrogen-bond acceptors (Lipinski definition) is 4. The fraction of sp³-hybridized carbons (Fsp3) is 1.00. The lowest BCUT2D eigenvalue weighted by molar-refractivity contribution is 0.609. The standard InChI is InChI=1S/C4H11NS3/c1-4-5(2)7-8-6-3/h4H2,1-3H3. The first kappa shape index (κ1) is 9.01. The van der Waals surface area contributed by atoms with Crippen molar-refractivity contribution >= 4 is 31.6 Å². The van der Waals surface area contributed by atoms with Crippen molar-refractivity contribution < 1.29 is 0 Å². The third-order valence-corrected chi connectivity index (χ3v) is 4.51. The van der Waals surface area contributed by atoms with Crippen LogP contribution in [0.1, 0.15) is 6.92 Å². The summed E-state index contributed by atoms with van der Waals surface area (Å²) in [6.45, 7) is 3.26. The van der Waals surface area contributed by atoms with Crippen LogP contribution < -0.4 is 0 Å². The molecule has 0 aliphatic carbocycles. The molecule has 0 radical (unpaired) electrons.